The molecule has 1 fully saturated rings. The minimum atomic E-state index is -1.03. The van der Waals surface area contributed by atoms with Crippen molar-refractivity contribution in [2.45, 2.75) is 19.8 Å². The normalized spacial score (nSPS) is 17.9. The molecule has 0 aliphatic carbocycles. The number of ether oxygens (including phenoxy) is 1. The smallest absolute Gasteiger partial charge is 0.335 e. The molecule has 0 bridgehead atoms. The maximum absolute atomic E-state index is 12.4. The predicted molar refractivity (Wildman–Crippen MR) is 78.7 cm³/mol. The molecule has 0 spiro atoms. The number of hydrogen-bond donors (Lipinski definition) is 1. The Bertz CT molecular complexity index is 566. The number of carbonyl (C=O) groups is 3. The van der Waals surface area contributed by atoms with Gasteiger partial charge in [-0.05, 0) is 44.0 Å². The van der Waals surface area contributed by atoms with Gasteiger partial charge in [0, 0.05) is 18.7 Å². The molecule has 6 heteroatoms. The highest BCUT2D eigenvalue weighted by Gasteiger charge is 2.29. The van der Waals surface area contributed by atoms with Crippen LogP contribution in [0.1, 0.15) is 40.5 Å². The zero-order valence-corrected chi connectivity index (χ0v) is 12.4. The van der Waals surface area contributed by atoms with Gasteiger partial charge in [-0.25, -0.2) is 4.79 Å². The molecule has 22 heavy (non-hydrogen) atoms. The molecule has 1 N–H and O–H groups in total. The van der Waals surface area contributed by atoms with Crippen molar-refractivity contribution in [1.29, 1.82) is 0 Å². The Morgan fingerprint density at radius 3 is 2.45 bits per heavy atom. The van der Waals surface area contributed by atoms with E-state index in [1.54, 1.807) is 11.8 Å². The Morgan fingerprint density at radius 1 is 1.23 bits per heavy atom. The molecule has 1 aromatic rings. The molecule has 1 heterocycles. The largest absolute Gasteiger partial charge is 0.478 e. The number of rotatable bonds is 4. The topological polar surface area (TPSA) is 83.9 Å². The van der Waals surface area contributed by atoms with E-state index in [4.69, 9.17) is 9.84 Å². The third kappa shape index (κ3) is 3.63. The molecule has 1 aromatic carbocycles. The second-order valence-electron chi connectivity index (χ2n) is 5.22. The monoisotopic (exact) mass is 305 g/mol. The zero-order chi connectivity index (χ0) is 16.1. The van der Waals surface area contributed by atoms with Crippen LogP contribution in [0.5, 0.6) is 0 Å². The lowest BCUT2D eigenvalue weighted by Gasteiger charge is -2.31. The molecule has 0 aromatic heterocycles. The lowest BCUT2D eigenvalue weighted by atomic mass is 9.97. The van der Waals surface area contributed by atoms with Crippen molar-refractivity contribution in [1.82, 2.24) is 4.90 Å². The highest BCUT2D eigenvalue weighted by atomic mass is 16.5. The van der Waals surface area contributed by atoms with E-state index in [9.17, 15) is 14.4 Å². The minimum absolute atomic E-state index is 0.139. The minimum Gasteiger partial charge on any atom is -0.478 e. The summed E-state index contributed by atoms with van der Waals surface area (Å²) in [6.07, 6.45) is 1.48. The van der Waals surface area contributed by atoms with Gasteiger partial charge in [0.1, 0.15) is 0 Å². The first-order valence-electron chi connectivity index (χ1n) is 7.32. The summed E-state index contributed by atoms with van der Waals surface area (Å²) in [5, 5.41) is 8.86. The van der Waals surface area contributed by atoms with E-state index >= 15 is 0 Å². The number of piperidine rings is 1. The molecule has 1 saturated heterocycles. The van der Waals surface area contributed by atoms with Gasteiger partial charge in [-0.3, -0.25) is 9.59 Å². The van der Waals surface area contributed by atoms with Crippen LogP contribution in [0.25, 0.3) is 0 Å². The van der Waals surface area contributed by atoms with Crippen LogP contribution in [0.15, 0.2) is 24.3 Å². The third-order valence-corrected chi connectivity index (χ3v) is 3.71. The quantitative estimate of drug-likeness (QED) is 0.858. The van der Waals surface area contributed by atoms with Crippen LogP contribution in [0.3, 0.4) is 0 Å². The highest BCUT2D eigenvalue weighted by molar-refractivity contribution is 5.96. The average Bonchev–Trinajstić information content (AvgIpc) is 2.54. The second-order valence-corrected chi connectivity index (χ2v) is 5.22. The van der Waals surface area contributed by atoms with Crippen LogP contribution in [0.2, 0.25) is 0 Å². The van der Waals surface area contributed by atoms with Gasteiger partial charge in [-0.2, -0.15) is 0 Å². The Morgan fingerprint density at radius 2 is 1.86 bits per heavy atom. The van der Waals surface area contributed by atoms with Gasteiger partial charge in [0.25, 0.3) is 5.91 Å². The fraction of sp³-hybridized carbons (Fsp3) is 0.438. The Hall–Kier alpha value is -2.37. The first-order chi connectivity index (χ1) is 10.5. The fourth-order valence-corrected chi connectivity index (χ4v) is 2.55. The molecule has 1 atom stereocenters. The van der Waals surface area contributed by atoms with Gasteiger partial charge in [0.2, 0.25) is 0 Å². The Labute approximate surface area is 128 Å². The molecule has 0 saturated carbocycles. The van der Waals surface area contributed by atoms with Crippen molar-refractivity contribution in [3.8, 4) is 0 Å². The van der Waals surface area contributed by atoms with E-state index < -0.39 is 5.97 Å². The SMILES string of the molecule is CCOC(=O)C1CCCN(C(=O)c2ccc(C(=O)O)cc2)C1. The summed E-state index contributed by atoms with van der Waals surface area (Å²) < 4.78 is 5.02. The van der Waals surface area contributed by atoms with Gasteiger partial charge in [0.05, 0.1) is 18.1 Å². The summed E-state index contributed by atoms with van der Waals surface area (Å²) in [6.45, 7) is 3.03. The summed E-state index contributed by atoms with van der Waals surface area (Å²) in [4.78, 5) is 36.7. The molecule has 1 aliphatic rings. The number of esters is 1. The van der Waals surface area contributed by atoms with Crippen molar-refractivity contribution in [3.05, 3.63) is 35.4 Å². The van der Waals surface area contributed by atoms with Crippen molar-refractivity contribution >= 4 is 17.8 Å². The third-order valence-electron chi connectivity index (χ3n) is 3.71. The fourth-order valence-electron chi connectivity index (χ4n) is 2.55. The van der Waals surface area contributed by atoms with Crippen molar-refractivity contribution in [3.63, 3.8) is 0 Å². The van der Waals surface area contributed by atoms with E-state index in [2.05, 4.69) is 0 Å². The number of carbonyl (C=O) groups excluding carboxylic acids is 2. The molecule has 1 unspecified atom stereocenters. The van der Waals surface area contributed by atoms with E-state index in [0.29, 0.717) is 25.3 Å². The summed E-state index contributed by atoms with van der Waals surface area (Å²) in [6, 6.07) is 5.81. The molecule has 118 valence electrons. The van der Waals surface area contributed by atoms with Crippen LogP contribution < -0.4 is 0 Å². The lowest BCUT2D eigenvalue weighted by Crippen LogP contribution is -2.42. The van der Waals surface area contributed by atoms with Gasteiger partial charge in [-0.15, -0.1) is 0 Å². The molecule has 6 nitrogen and oxygen atoms in total. The Kier molecular flexibility index (Phi) is 5.14. The van der Waals surface area contributed by atoms with Gasteiger partial charge < -0.3 is 14.7 Å². The first kappa shape index (κ1) is 16.0. The summed E-state index contributed by atoms with van der Waals surface area (Å²) in [7, 11) is 0. The number of hydrogen-bond acceptors (Lipinski definition) is 4. The number of carboxylic acid groups (broad SMARTS) is 1. The van der Waals surface area contributed by atoms with Crippen molar-refractivity contribution < 1.29 is 24.2 Å². The van der Waals surface area contributed by atoms with E-state index in [-0.39, 0.29) is 23.4 Å². The van der Waals surface area contributed by atoms with Crippen LogP contribution >= 0.6 is 0 Å². The van der Waals surface area contributed by atoms with Gasteiger partial charge in [-0.1, -0.05) is 0 Å². The van der Waals surface area contributed by atoms with Crippen LogP contribution in [0.4, 0.5) is 0 Å². The van der Waals surface area contributed by atoms with E-state index in [1.165, 1.54) is 24.3 Å². The second kappa shape index (κ2) is 7.06. The van der Waals surface area contributed by atoms with Crippen molar-refractivity contribution in [2.24, 2.45) is 5.92 Å². The average molecular weight is 305 g/mol. The summed E-state index contributed by atoms with van der Waals surface area (Å²) in [5.74, 6) is -1.76. The lowest BCUT2D eigenvalue weighted by molar-refractivity contribution is -0.149. The van der Waals surface area contributed by atoms with Crippen molar-refractivity contribution in [2.75, 3.05) is 19.7 Å². The number of likely N-dealkylation sites (tertiary alicyclic amines) is 1. The van der Waals surface area contributed by atoms with Crippen LogP contribution in [-0.4, -0.2) is 47.5 Å². The Balaban J connectivity index is 2.05. The standard InChI is InChI=1S/C16H19NO5/c1-2-22-16(21)13-4-3-9-17(10-13)14(18)11-5-7-12(8-6-11)15(19)20/h5-8,13H,2-4,9-10H2,1H3,(H,19,20). The van der Waals surface area contributed by atoms with Crippen LogP contribution in [0, 0.1) is 5.92 Å². The molecule has 1 amide bonds. The first-order valence-corrected chi connectivity index (χ1v) is 7.32. The molecular formula is C16H19NO5. The summed E-state index contributed by atoms with van der Waals surface area (Å²) in [5.41, 5.74) is 0.564. The molecular weight excluding hydrogens is 286 g/mol. The zero-order valence-electron chi connectivity index (χ0n) is 12.4. The number of amides is 1. The van der Waals surface area contributed by atoms with Crippen LogP contribution in [-0.2, 0) is 9.53 Å². The van der Waals surface area contributed by atoms with E-state index in [0.717, 1.165) is 12.8 Å². The number of carboxylic acids is 1. The molecule has 1 aliphatic heterocycles. The summed E-state index contributed by atoms with van der Waals surface area (Å²) >= 11 is 0. The maximum atomic E-state index is 12.4. The molecule has 2 rings (SSSR count). The number of nitrogens with zero attached hydrogens (tertiary/aromatic N) is 1. The van der Waals surface area contributed by atoms with Gasteiger partial charge in [0.15, 0.2) is 0 Å². The highest BCUT2D eigenvalue weighted by Crippen LogP contribution is 2.20. The molecule has 0 radical (unpaired) electrons. The van der Waals surface area contributed by atoms with E-state index in [1.807, 2.05) is 0 Å². The number of benzene rings is 1. The maximum Gasteiger partial charge on any atom is 0.335 e. The predicted octanol–water partition coefficient (Wildman–Crippen LogP) is 1.80. The number of aromatic carboxylic acids is 1. The van der Waals surface area contributed by atoms with Gasteiger partial charge >= 0.3 is 11.9 Å².